The molecule has 0 spiro atoms. The molecule has 24 heavy (non-hydrogen) atoms. The van der Waals surface area contributed by atoms with E-state index in [0.717, 1.165) is 23.0 Å². The molecule has 0 aliphatic heterocycles. The summed E-state index contributed by atoms with van der Waals surface area (Å²) in [5, 5.41) is 6.95. The Morgan fingerprint density at radius 3 is 2.92 bits per heavy atom. The minimum absolute atomic E-state index is 0.114. The van der Waals surface area contributed by atoms with Crippen molar-refractivity contribution in [2.75, 3.05) is 5.32 Å². The fourth-order valence-electron chi connectivity index (χ4n) is 2.56. The van der Waals surface area contributed by atoms with Gasteiger partial charge in [-0.2, -0.15) is 10.1 Å². The van der Waals surface area contributed by atoms with E-state index in [1.54, 1.807) is 4.52 Å². The monoisotopic (exact) mass is 347 g/mol. The van der Waals surface area contributed by atoms with E-state index in [0.29, 0.717) is 12.2 Å². The smallest absolute Gasteiger partial charge is 0.252 e. The molecule has 3 aromatic rings. The van der Waals surface area contributed by atoms with Crippen molar-refractivity contribution in [2.24, 2.45) is 0 Å². The van der Waals surface area contributed by atoms with Crippen LogP contribution in [0.25, 0.3) is 5.78 Å². The van der Waals surface area contributed by atoms with Crippen molar-refractivity contribution in [1.82, 2.24) is 19.6 Å². The molecule has 1 aromatic carbocycles. The number of aromatic nitrogens is 4. The Bertz CT molecular complexity index is 924. The summed E-state index contributed by atoms with van der Waals surface area (Å²) in [5.74, 6) is -0.316. The van der Waals surface area contributed by atoms with Crippen LogP contribution in [0.2, 0.25) is 5.02 Å². The van der Waals surface area contributed by atoms with Gasteiger partial charge >= 0.3 is 0 Å². The summed E-state index contributed by atoms with van der Waals surface area (Å²) in [6, 6.07) is 4.13. The zero-order valence-corrected chi connectivity index (χ0v) is 13.9. The zero-order valence-electron chi connectivity index (χ0n) is 13.2. The molecule has 0 unspecified atom stereocenters. The average molecular weight is 348 g/mol. The lowest BCUT2D eigenvalue weighted by atomic mass is 10.1. The molecule has 2 aromatic heterocycles. The molecule has 0 fully saturated rings. The van der Waals surface area contributed by atoms with Crippen LogP contribution in [-0.4, -0.2) is 25.5 Å². The first-order valence-corrected chi connectivity index (χ1v) is 7.74. The van der Waals surface area contributed by atoms with E-state index in [1.165, 1.54) is 18.5 Å². The van der Waals surface area contributed by atoms with Crippen LogP contribution in [0.1, 0.15) is 23.4 Å². The minimum atomic E-state index is -0.561. The summed E-state index contributed by atoms with van der Waals surface area (Å²) >= 11 is 5.69. The van der Waals surface area contributed by atoms with Gasteiger partial charge in [0.15, 0.2) is 0 Å². The number of hydrogen-bond acceptors (Lipinski definition) is 4. The Balaban J connectivity index is 1.72. The summed E-state index contributed by atoms with van der Waals surface area (Å²) in [7, 11) is 0. The van der Waals surface area contributed by atoms with E-state index in [2.05, 4.69) is 20.4 Å². The maximum atomic E-state index is 13.7. The van der Waals surface area contributed by atoms with Crippen molar-refractivity contribution in [3.8, 4) is 0 Å². The number of rotatable bonds is 4. The van der Waals surface area contributed by atoms with E-state index in [-0.39, 0.29) is 23.0 Å². The third kappa shape index (κ3) is 3.21. The predicted octanol–water partition coefficient (Wildman–Crippen LogP) is 3.10. The van der Waals surface area contributed by atoms with Crippen LogP contribution < -0.4 is 5.32 Å². The van der Waals surface area contributed by atoms with Gasteiger partial charge < -0.3 is 5.32 Å². The third-order valence-corrected chi connectivity index (χ3v) is 4.03. The highest BCUT2D eigenvalue weighted by atomic mass is 35.5. The number of amides is 1. The highest BCUT2D eigenvalue weighted by Crippen LogP contribution is 2.20. The first-order valence-electron chi connectivity index (χ1n) is 7.36. The average Bonchev–Trinajstić information content (AvgIpc) is 2.98. The molecule has 1 N–H and O–H groups in total. The molecular weight excluding hydrogens is 333 g/mol. The molecule has 0 atom stereocenters. The van der Waals surface area contributed by atoms with Gasteiger partial charge in [0.05, 0.1) is 5.69 Å². The van der Waals surface area contributed by atoms with Crippen LogP contribution in [0.15, 0.2) is 24.5 Å². The Labute approximate surface area is 142 Å². The summed E-state index contributed by atoms with van der Waals surface area (Å²) < 4.78 is 15.4. The molecule has 6 nitrogen and oxygen atoms in total. The van der Waals surface area contributed by atoms with Crippen LogP contribution >= 0.6 is 11.6 Å². The van der Waals surface area contributed by atoms with Crippen LogP contribution in [-0.2, 0) is 11.2 Å². The van der Waals surface area contributed by atoms with Crippen molar-refractivity contribution >= 4 is 29.0 Å². The van der Waals surface area contributed by atoms with Crippen molar-refractivity contribution in [2.45, 2.75) is 26.7 Å². The largest absolute Gasteiger partial charge is 0.324 e. The Kier molecular flexibility index (Phi) is 4.44. The molecule has 0 saturated heterocycles. The molecule has 1 amide bonds. The number of halogens is 2. The Hall–Kier alpha value is -2.54. The second-order valence-electron chi connectivity index (χ2n) is 5.41. The lowest BCUT2D eigenvalue weighted by Crippen LogP contribution is -2.15. The van der Waals surface area contributed by atoms with E-state index in [4.69, 9.17) is 11.6 Å². The SMILES string of the molecule is Cc1nc2ncnn2c(C)c1CCC(=O)Nc1ccc(Cl)cc1F. The number of hydrogen-bond donors (Lipinski definition) is 1. The number of benzene rings is 1. The summed E-state index contributed by atoms with van der Waals surface area (Å²) in [6.07, 6.45) is 2.11. The summed E-state index contributed by atoms with van der Waals surface area (Å²) in [6.45, 7) is 3.77. The molecule has 0 aliphatic rings. The topological polar surface area (TPSA) is 72.2 Å². The lowest BCUT2D eigenvalue weighted by molar-refractivity contribution is -0.116. The van der Waals surface area contributed by atoms with Crippen LogP contribution in [0, 0.1) is 19.7 Å². The third-order valence-electron chi connectivity index (χ3n) is 3.80. The summed E-state index contributed by atoms with van der Waals surface area (Å²) in [5.41, 5.74) is 2.74. The van der Waals surface area contributed by atoms with Crippen molar-refractivity contribution in [1.29, 1.82) is 0 Å². The summed E-state index contributed by atoms with van der Waals surface area (Å²) in [4.78, 5) is 20.5. The highest BCUT2D eigenvalue weighted by molar-refractivity contribution is 6.30. The quantitative estimate of drug-likeness (QED) is 0.787. The highest BCUT2D eigenvalue weighted by Gasteiger charge is 2.13. The number of nitrogens with one attached hydrogen (secondary N) is 1. The molecule has 0 radical (unpaired) electrons. The van der Waals surface area contributed by atoms with Gasteiger partial charge in [0.1, 0.15) is 12.1 Å². The first kappa shape index (κ1) is 16.3. The fraction of sp³-hybridized carbons (Fsp3) is 0.250. The van der Waals surface area contributed by atoms with Gasteiger partial charge in [0.2, 0.25) is 5.91 Å². The van der Waals surface area contributed by atoms with Gasteiger partial charge in [-0.25, -0.2) is 13.9 Å². The van der Waals surface area contributed by atoms with Gasteiger partial charge in [-0.05, 0) is 44.0 Å². The zero-order chi connectivity index (χ0) is 17.3. The van der Waals surface area contributed by atoms with Crippen LogP contribution in [0.5, 0.6) is 0 Å². The van der Waals surface area contributed by atoms with Crippen molar-refractivity contribution < 1.29 is 9.18 Å². The van der Waals surface area contributed by atoms with Crippen LogP contribution in [0.3, 0.4) is 0 Å². The molecule has 3 rings (SSSR count). The number of carbonyl (C=O) groups is 1. The standard InChI is InChI=1S/C16H15ClFN5O/c1-9-12(10(2)23-16(21-9)19-8-20-23)4-6-15(24)22-14-5-3-11(17)7-13(14)18/h3,5,7-8H,4,6H2,1-2H3,(H,22,24). The number of anilines is 1. The van der Waals surface area contributed by atoms with E-state index in [9.17, 15) is 9.18 Å². The van der Waals surface area contributed by atoms with Gasteiger partial charge in [-0.15, -0.1) is 0 Å². The minimum Gasteiger partial charge on any atom is -0.324 e. The maximum Gasteiger partial charge on any atom is 0.252 e. The molecule has 0 saturated carbocycles. The van der Waals surface area contributed by atoms with Gasteiger partial charge in [-0.1, -0.05) is 11.6 Å². The van der Waals surface area contributed by atoms with Crippen molar-refractivity contribution in [3.63, 3.8) is 0 Å². The van der Waals surface area contributed by atoms with Gasteiger partial charge in [-0.3, -0.25) is 4.79 Å². The fourth-order valence-corrected chi connectivity index (χ4v) is 2.72. The number of nitrogens with zero attached hydrogens (tertiary/aromatic N) is 4. The van der Waals surface area contributed by atoms with Crippen molar-refractivity contribution in [3.05, 3.63) is 52.3 Å². The van der Waals surface area contributed by atoms with E-state index < -0.39 is 5.82 Å². The first-order chi connectivity index (χ1) is 11.5. The van der Waals surface area contributed by atoms with Crippen LogP contribution in [0.4, 0.5) is 10.1 Å². The van der Waals surface area contributed by atoms with E-state index in [1.807, 2.05) is 13.8 Å². The molecular formula is C16H15ClFN5O. The van der Waals surface area contributed by atoms with Gasteiger partial charge in [0.25, 0.3) is 5.78 Å². The maximum absolute atomic E-state index is 13.7. The molecule has 8 heteroatoms. The molecule has 0 bridgehead atoms. The number of aryl methyl sites for hydroxylation is 2. The molecule has 0 aliphatic carbocycles. The molecule has 2 heterocycles. The Morgan fingerprint density at radius 1 is 1.38 bits per heavy atom. The van der Waals surface area contributed by atoms with E-state index >= 15 is 0 Å². The lowest BCUT2D eigenvalue weighted by Gasteiger charge is -2.11. The normalized spacial score (nSPS) is 11.0. The second kappa shape index (κ2) is 6.52. The molecule has 124 valence electrons. The second-order valence-corrected chi connectivity index (χ2v) is 5.84. The number of fused-ring (bicyclic) bond motifs is 1. The Morgan fingerprint density at radius 2 is 2.17 bits per heavy atom. The predicted molar refractivity (Wildman–Crippen MR) is 88.6 cm³/mol. The van der Waals surface area contributed by atoms with Gasteiger partial charge in [0, 0.05) is 22.8 Å². The number of carbonyl (C=O) groups excluding carboxylic acids is 1.